The Kier molecular flexibility index (Phi) is 6.07. The van der Waals surface area contributed by atoms with E-state index in [0.29, 0.717) is 17.1 Å². The average molecular weight is 423 g/mol. The molecule has 5 aliphatic rings. The molecule has 5 rings (SSSR count). The highest BCUT2D eigenvalue weighted by atomic mass is 35.5. The van der Waals surface area contributed by atoms with Gasteiger partial charge in [-0.3, -0.25) is 4.79 Å². The van der Waals surface area contributed by atoms with Crippen molar-refractivity contribution < 1.29 is 9.63 Å². The van der Waals surface area contributed by atoms with Crippen molar-refractivity contribution in [3.8, 4) is 0 Å². The lowest BCUT2D eigenvalue weighted by atomic mass is 9.50. The number of nitrogens with zero attached hydrogens (tertiary/aromatic N) is 1. The van der Waals surface area contributed by atoms with Crippen molar-refractivity contribution in [2.24, 2.45) is 39.7 Å². The van der Waals surface area contributed by atoms with Crippen molar-refractivity contribution in [2.45, 2.75) is 90.6 Å². The van der Waals surface area contributed by atoms with Crippen molar-refractivity contribution in [1.29, 1.82) is 0 Å². The number of hydrogen-bond acceptors (Lipinski definition) is 4. The summed E-state index contributed by atoms with van der Waals surface area (Å²) in [6.07, 6.45) is 13.3. The maximum absolute atomic E-state index is 12.6. The zero-order chi connectivity index (χ0) is 19.4. The first-order chi connectivity index (χ1) is 13.5. The topological polar surface area (TPSA) is 50.7 Å². The molecule has 0 amide bonds. The second-order valence-electron chi connectivity index (χ2n) is 11.0. The fraction of sp³-hybridized carbons (Fsp3) is 0.917. The molecule has 5 fully saturated rings. The molecule has 4 saturated carbocycles. The van der Waals surface area contributed by atoms with E-state index in [-0.39, 0.29) is 23.9 Å². The van der Waals surface area contributed by atoms with E-state index in [1.54, 1.807) is 0 Å². The molecule has 1 aliphatic heterocycles. The van der Waals surface area contributed by atoms with Crippen LogP contribution < -0.4 is 5.32 Å². The Morgan fingerprint density at radius 2 is 1.90 bits per heavy atom. The number of fused-ring (bicyclic) bond motifs is 5. The van der Waals surface area contributed by atoms with Crippen molar-refractivity contribution >= 4 is 23.9 Å². The SMILES string of the molecule is C[C@]12CC/C(=N\O[C@@H]3CCNC3)CC1CCC[C@@H]1[C@@H]2CC[C@]2(C)C(=O)CC[C@@H]12.Cl. The number of carbonyl (C=O) groups is 1. The quantitative estimate of drug-likeness (QED) is 0.626. The van der Waals surface area contributed by atoms with Gasteiger partial charge in [0.25, 0.3) is 0 Å². The Morgan fingerprint density at radius 3 is 2.69 bits per heavy atom. The molecule has 1 heterocycles. The van der Waals surface area contributed by atoms with Crippen LogP contribution in [0, 0.1) is 34.5 Å². The summed E-state index contributed by atoms with van der Waals surface area (Å²) in [6, 6.07) is 0. The minimum atomic E-state index is 0. The number of nitrogens with one attached hydrogen (secondary N) is 1. The lowest BCUT2D eigenvalue weighted by molar-refractivity contribution is -0.132. The van der Waals surface area contributed by atoms with Gasteiger partial charge in [0.05, 0.1) is 5.71 Å². The maximum Gasteiger partial charge on any atom is 0.141 e. The molecule has 0 spiro atoms. The van der Waals surface area contributed by atoms with Crippen LogP contribution in [0.4, 0.5) is 0 Å². The van der Waals surface area contributed by atoms with E-state index < -0.39 is 0 Å². The van der Waals surface area contributed by atoms with E-state index in [1.807, 2.05) is 0 Å². The van der Waals surface area contributed by atoms with Crippen LogP contribution in [-0.4, -0.2) is 30.7 Å². The van der Waals surface area contributed by atoms with E-state index in [1.165, 1.54) is 37.8 Å². The van der Waals surface area contributed by atoms with E-state index in [9.17, 15) is 4.79 Å². The Hall–Kier alpha value is -0.610. The summed E-state index contributed by atoms with van der Waals surface area (Å²) in [4.78, 5) is 18.5. The van der Waals surface area contributed by atoms with Gasteiger partial charge in [-0.15, -0.1) is 12.4 Å². The number of hydrogen-bond donors (Lipinski definition) is 1. The first-order valence-electron chi connectivity index (χ1n) is 12.0. The first-order valence-corrected chi connectivity index (χ1v) is 12.0. The molecule has 4 aliphatic carbocycles. The highest BCUT2D eigenvalue weighted by Gasteiger charge is 2.58. The number of rotatable bonds is 2. The van der Waals surface area contributed by atoms with Crippen LogP contribution in [0.25, 0.3) is 0 Å². The molecule has 29 heavy (non-hydrogen) atoms. The number of carbonyl (C=O) groups excluding carboxylic acids is 1. The molecule has 0 aromatic carbocycles. The largest absolute Gasteiger partial charge is 0.391 e. The molecule has 4 nitrogen and oxygen atoms in total. The second kappa shape index (κ2) is 8.15. The predicted octanol–water partition coefficient (Wildman–Crippen LogP) is 5.14. The van der Waals surface area contributed by atoms with Crippen LogP contribution in [-0.2, 0) is 9.63 Å². The van der Waals surface area contributed by atoms with Gasteiger partial charge in [0, 0.05) is 24.8 Å². The minimum absolute atomic E-state index is 0. The molecule has 1 N–H and O–H groups in total. The normalized spacial score (nSPS) is 48.3. The fourth-order valence-electron chi connectivity index (χ4n) is 7.99. The van der Waals surface area contributed by atoms with Gasteiger partial charge in [-0.2, -0.15) is 0 Å². The Balaban J connectivity index is 0.00000205. The number of oxime groups is 1. The molecule has 1 saturated heterocycles. The Bertz CT molecular complexity index is 661. The summed E-state index contributed by atoms with van der Waals surface area (Å²) in [5, 5.41) is 7.99. The third-order valence-corrected chi connectivity index (χ3v) is 9.80. The van der Waals surface area contributed by atoms with Crippen molar-refractivity contribution in [1.82, 2.24) is 5.32 Å². The van der Waals surface area contributed by atoms with Gasteiger partial charge in [-0.05, 0) is 87.0 Å². The Labute approximate surface area is 182 Å². The smallest absolute Gasteiger partial charge is 0.141 e. The van der Waals surface area contributed by atoms with Gasteiger partial charge in [-0.25, -0.2) is 0 Å². The summed E-state index contributed by atoms with van der Waals surface area (Å²) < 4.78 is 0. The highest BCUT2D eigenvalue weighted by molar-refractivity contribution is 5.87. The summed E-state index contributed by atoms with van der Waals surface area (Å²) in [5.74, 6) is 3.56. The molecule has 1 unspecified atom stereocenters. The predicted molar refractivity (Wildman–Crippen MR) is 118 cm³/mol. The molecule has 0 bridgehead atoms. The first kappa shape index (κ1) is 21.6. The van der Waals surface area contributed by atoms with Crippen LogP contribution in [0.3, 0.4) is 0 Å². The second-order valence-corrected chi connectivity index (χ2v) is 11.0. The standard InChI is InChI=1S/C24H38N2O2.ClH/c1-23-11-8-17(26-28-18-10-13-25-15-18)14-16(23)4-3-5-19-20-6-7-22(27)24(20,2)12-9-21(19)23;/h16,18-21,25H,3-15H2,1-2H3;1H/b26-17+;/t16?,18-,19+,20+,21+,23+,24+;/m1./s1. The number of halogens is 1. The summed E-state index contributed by atoms with van der Waals surface area (Å²) >= 11 is 0. The molecular formula is C24H39ClN2O2. The summed E-state index contributed by atoms with van der Waals surface area (Å²) in [7, 11) is 0. The zero-order valence-corrected chi connectivity index (χ0v) is 19.1. The zero-order valence-electron chi connectivity index (χ0n) is 18.3. The molecule has 0 radical (unpaired) electrons. The van der Waals surface area contributed by atoms with Gasteiger partial charge < -0.3 is 10.2 Å². The van der Waals surface area contributed by atoms with Crippen molar-refractivity contribution in [2.75, 3.05) is 13.1 Å². The number of ketones is 1. The molecule has 0 aromatic rings. The van der Waals surface area contributed by atoms with Crippen LogP contribution in [0.1, 0.15) is 84.5 Å². The maximum atomic E-state index is 12.6. The summed E-state index contributed by atoms with van der Waals surface area (Å²) in [5.41, 5.74) is 1.74. The molecule has 164 valence electrons. The molecule has 0 aromatic heterocycles. The van der Waals surface area contributed by atoms with E-state index in [2.05, 4.69) is 24.3 Å². The molecule has 5 heteroatoms. The van der Waals surface area contributed by atoms with Gasteiger partial charge >= 0.3 is 0 Å². The lowest BCUT2D eigenvalue weighted by Gasteiger charge is -2.54. The third-order valence-electron chi connectivity index (χ3n) is 9.80. The van der Waals surface area contributed by atoms with E-state index in [0.717, 1.165) is 69.4 Å². The highest BCUT2D eigenvalue weighted by Crippen LogP contribution is 2.64. The third kappa shape index (κ3) is 3.56. The fourth-order valence-corrected chi connectivity index (χ4v) is 7.99. The minimum Gasteiger partial charge on any atom is -0.391 e. The lowest BCUT2D eigenvalue weighted by Crippen LogP contribution is -2.49. The van der Waals surface area contributed by atoms with Gasteiger partial charge in [0.2, 0.25) is 0 Å². The van der Waals surface area contributed by atoms with Crippen LogP contribution >= 0.6 is 12.4 Å². The van der Waals surface area contributed by atoms with Crippen LogP contribution in [0.15, 0.2) is 5.16 Å². The van der Waals surface area contributed by atoms with Crippen molar-refractivity contribution in [3.05, 3.63) is 0 Å². The van der Waals surface area contributed by atoms with Gasteiger partial charge in [0.15, 0.2) is 0 Å². The van der Waals surface area contributed by atoms with E-state index in [4.69, 9.17) is 4.84 Å². The van der Waals surface area contributed by atoms with Crippen molar-refractivity contribution in [3.63, 3.8) is 0 Å². The number of Topliss-reactive ketones (excluding diaryl/α,β-unsaturated/α-hetero) is 1. The van der Waals surface area contributed by atoms with Crippen LogP contribution in [0.2, 0.25) is 0 Å². The Morgan fingerprint density at radius 1 is 1.03 bits per heavy atom. The van der Waals surface area contributed by atoms with Gasteiger partial charge in [0.1, 0.15) is 11.9 Å². The average Bonchev–Trinajstić information content (AvgIpc) is 3.27. The van der Waals surface area contributed by atoms with Crippen LogP contribution in [0.5, 0.6) is 0 Å². The molecule has 7 atom stereocenters. The summed E-state index contributed by atoms with van der Waals surface area (Å²) in [6.45, 7) is 6.90. The van der Waals surface area contributed by atoms with E-state index >= 15 is 0 Å². The monoisotopic (exact) mass is 422 g/mol. The molecular weight excluding hydrogens is 384 g/mol. The van der Waals surface area contributed by atoms with Gasteiger partial charge in [-0.1, -0.05) is 25.4 Å².